The van der Waals surface area contributed by atoms with Crippen molar-refractivity contribution in [2.24, 2.45) is 5.92 Å². The molecule has 1 rings (SSSR count). The molecule has 1 fully saturated rings. The van der Waals surface area contributed by atoms with Crippen LogP contribution in [-0.2, 0) is 18.6 Å². The molecule has 21 heavy (non-hydrogen) atoms. The third-order valence-corrected chi connectivity index (χ3v) is 5.15. The molecule has 0 amide bonds. The average Bonchev–Trinajstić information content (AvgIpc) is 2.50. The normalized spacial score (nSPS) is 19.2. The predicted octanol–water partition coefficient (Wildman–Crippen LogP) is 4.96. The zero-order chi connectivity index (χ0) is 15.7. The third-order valence-electron chi connectivity index (χ3n) is 3.87. The summed E-state index contributed by atoms with van der Waals surface area (Å²) in [6.07, 6.45) is 10.4. The highest BCUT2D eigenvalue weighted by Gasteiger charge is 2.36. The summed E-state index contributed by atoms with van der Waals surface area (Å²) in [5.74, 6) is -0.203. The number of carbonyl (C=O) groups is 1. The molecule has 4 nitrogen and oxygen atoms in total. The Balaban J connectivity index is 2.69. The Morgan fingerprint density at radius 2 is 2.00 bits per heavy atom. The topological polar surface area (TPSA) is 52.6 Å². The minimum absolute atomic E-state index is 0.104. The Bertz CT molecular complexity index is 372. The molecule has 0 aliphatic heterocycles. The minimum Gasteiger partial charge on any atom is -0.462 e. The number of esters is 1. The molecule has 1 saturated carbocycles. The van der Waals surface area contributed by atoms with Crippen molar-refractivity contribution < 1.29 is 18.6 Å². The Morgan fingerprint density at radius 3 is 2.57 bits per heavy atom. The van der Waals surface area contributed by atoms with E-state index >= 15 is 0 Å². The lowest BCUT2D eigenvalue weighted by Crippen LogP contribution is -2.10. The lowest BCUT2D eigenvalue weighted by atomic mass is 9.89. The molecule has 0 spiro atoms. The smallest absolute Gasteiger partial charge is 0.462 e. The largest absolute Gasteiger partial charge is 0.556 e. The van der Waals surface area contributed by atoms with Gasteiger partial charge in [-0.2, -0.15) is 0 Å². The number of ether oxygens (including phenoxy) is 1. The highest BCUT2D eigenvalue weighted by Crippen LogP contribution is 2.39. The second kappa shape index (κ2) is 10.1. The van der Waals surface area contributed by atoms with E-state index in [2.05, 4.69) is 6.92 Å². The van der Waals surface area contributed by atoms with Gasteiger partial charge in [-0.1, -0.05) is 39.0 Å². The van der Waals surface area contributed by atoms with Gasteiger partial charge in [-0.3, -0.25) is 0 Å². The average molecular weight is 315 g/mol. The first-order valence-corrected chi connectivity index (χ1v) is 9.20. The van der Waals surface area contributed by atoms with Crippen molar-refractivity contribution in [2.75, 3.05) is 7.11 Å². The summed E-state index contributed by atoms with van der Waals surface area (Å²) >= 11 is 0. The molecule has 0 N–H and O–H groups in total. The summed E-state index contributed by atoms with van der Waals surface area (Å²) in [6.45, 7) is 4.01. The van der Waals surface area contributed by atoms with Gasteiger partial charge in [-0.05, 0) is 42.7 Å². The van der Waals surface area contributed by atoms with Crippen LogP contribution in [0.3, 0.4) is 0 Å². The van der Waals surface area contributed by atoms with Gasteiger partial charge in [0, 0.05) is 0 Å². The fraction of sp³-hybridized carbons (Fsp3) is 0.812. The highest BCUT2D eigenvalue weighted by atomic mass is 31.1. The van der Waals surface area contributed by atoms with E-state index < -0.39 is 14.0 Å². The SMILES string of the molecule is CCCCC(C)O[P+](=O)C(=CC1CCCCC1)C(=O)OC. The molecule has 0 saturated heterocycles. The Hall–Kier alpha value is -0.730. The maximum Gasteiger partial charge on any atom is 0.556 e. The highest BCUT2D eigenvalue weighted by molar-refractivity contribution is 7.46. The van der Waals surface area contributed by atoms with Crippen LogP contribution in [0.1, 0.15) is 65.2 Å². The fourth-order valence-corrected chi connectivity index (χ4v) is 3.72. The Kier molecular flexibility index (Phi) is 8.79. The molecule has 0 aromatic carbocycles. The zero-order valence-corrected chi connectivity index (χ0v) is 14.4. The van der Waals surface area contributed by atoms with Crippen LogP contribution < -0.4 is 0 Å². The van der Waals surface area contributed by atoms with Crippen molar-refractivity contribution in [3.8, 4) is 0 Å². The quantitative estimate of drug-likeness (QED) is 0.361. The van der Waals surface area contributed by atoms with E-state index in [-0.39, 0.29) is 11.4 Å². The van der Waals surface area contributed by atoms with Crippen LogP contribution in [0.5, 0.6) is 0 Å². The Labute approximate surface area is 129 Å². The van der Waals surface area contributed by atoms with E-state index in [0.717, 1.165) is 32.1 Å². The van der Waals surface area contributed by atoms with Crippen molar-refractivity contribution >= 4 is 14.0 Å². The molecule has 120 valence electrons. The maximum absolute atomic E-state index is 12.3. The zero-order valence-electron chi connectivity index (χ0n) is 13.5. The van der Waals surface area contributed by atoms with Crippen molar-refractivity contribution in [3.63, 3.8) is 0 Å². The first-order valence-electron chi connectivity index (χ1n) is 8.02. The summed E-state index contributed by atoms with van der Waals surface area (Å²) in [6, 6.07) is 0. The molecule has 0 bridgehead atoms. The summed E-state index contributed by atoms with van der Waals surface area (Å²) in [5.41, 5.74) is 0. The number of carbonyl (C=O) groups excluding carboxylic acids is 1. The van der Waals surface area contributed by atoms with Gasteiger partial charge in [0.15, 0.2) is 0 Å². The molecule has 0 heterocycles. The molecule has 0 aromatic rings. The predicted molar refractivity (Wildman–Crippen MR) is 84.4 cm³/mol. The monoisotopic (exact) mass is 315 g/mol. The third kappa shape index (κ3) is 6.71. The summed E-state index contributed by atoms with van der Waals surface area (Å²) < 4.78 is 22.6. The van der Waals surface area contributed by atoms with Crippen LogP contribution >= 0.6 is 8.03 Å². The van der Waals surface area contributed by atoms with Gasteiger partial charge in [0.1, 0.15) is 6.10 Å². The first-order chi connectivity index (χ1) is 10.1. The first kappa shape index (κ1) is 18.3. The van der Waals surface area contributed by atoms with Crippen molar-refractivity contribution in [3.05, 3.63) is 11.4 Å². The van der Waals surface area contributed by atoms with Crippen LogP contribution in [0.15, 0.2) is 11.4 Å². The fourth-order valence-electron chi connectivity index (χ4n) is 2.60. The minimum atomic E-state index is -2.13. The standard InChI is InChI=1S/C16H28O4P/c1-4-5-9-13(2)20-21(18)15(16(17)19-3)12-14-10-7-6-8-11-14/h12-14H,4-11H2,1-3H3/q+1. The van der Waals surface area contributed by atoms with Gasteiger partial charge in [-0.25, -0.2) is 4.79 Å². The van der Waals surface area contributed by atoms with E-state index in [1.54, 1.807) is 0 Å². The maximum atomic E-state index is 12.3. The second-order valence-electron chi connectivity index (χ2n) is 5.76. The molecule has 0 radical (unpaired) electrons. The van der Waals surface area contributed by atoms with Gasteiger partial charge in [-0.15, -0.1) is 4.52 Å². The van der Waals surface area contributed by atoms with Gasteiger partial charge < -0.3 is 4.74 Å². The number of allylic oxidation sites excluding steroid dienone is 1. The van der Waals surface area contributed by atoms with Crippen LogP contribution in [0.25, 0.3) is 0 Å². The van der Waals surface area contributed by atoms with E-state index in [4.69, 9.17) is 9.26 Å². The summed E-state index contributed by atoms with van der Waals surface area (Å²) in [5, 5.41) is 0.211. The summed E-state index contributed by atoms with van der Waals surface area (Å²) in [7, 11) is -0.813. The van der Waals surface area contributed by atoms with Crippen molar-refractivity contribution in [1.29, 1.82) is 0 Å². The number of hydrogen-bond acceptors (Lipinski definition) is 4. The molecule has 1 aliphatic rings. The van der Waals surface area contributed by atoms with Gasteiger partial charge in [0.05, 0.1) is 7.11 Å². The van der Waals surface area contributed by atoms with E-state index in [0.29, 0.717) is 5.92 Å². The molecule has 1 aliphatic carbocycles. The van der Waals surface area contributed by atoms with E-state index in [9.17, 15) is 9.36 Å². The molecule has 0 aromatic heterocycles. The summed E-state index contributed by atoms with van der Waals surface area (Å²) in [4.78, 5) is 11.9. The molecule has 5 heteroatoms. The number of unbranched alkanes of at least 4 members (excludes halogenated alkanes) is 1. The van der Waals surface area contributed by atoms with E-state index in [1.165, 1.54) is 26.4 Å². The number of rotatable bonds is 8. The lowest BCUT2D eigenvalue weighted by molar-refractivity contribution is -0.135. The van der Waals surface area contributed by atoms with Crippen molar-refractivity contribution in [1.82, 2.24) is 0 Å². The van der Waals surface area contributed by atoms with Gasteiger partial charge in [0.25, 0.3) is 0 Å². The van der Waals surface area contributed by atoms with Crippen LogP contribution in [0, 0.1) is 5.92 Å². The van der Waals surface area contributed by atoms with Gasteiger partial charge in [0.2, 0.25) is 0 Å². The second-order valence-corrected chi connectivity index (χ2v) is 6.96. The number of methoxy groups -OCH3 is 1. The molecular weight excluding hydrogens is 287 g/mol. The Morgan fingerprint density at radius 1 is 1.33 bits per heavy atom. The van der Waals surface area contributed by atoms with E-state index in [1.807, 2.05) is 13.0 Å². The molecule has 2 unspecified atom stereocenters. The van der Waals surface area contributed by atoms with Crippen molar-refractivity contribution in [2.45, 2.75) is 71.3 Å². The van der Waals surface area contributed by atoms with Crippen LogP contribution in [-0.4, -0.2) is 19.2 Å². The molecular formula is C16H28O4P+. The molecule has 2 atom stereocenters. The van der Waals surface area contributed by atoms with Crippen LogP contribution in [0.4, 0.5) is 0 Å². The van der Waals surface area contributed by atoms with Crippen LogP contribution in [0.2, 0.25) is 0 Å². The lowest BCUT2D eigenvalue weighted by Gasteiger charge is -2.17. The number of hydrogen-bond donors (Lipinski definition) is 0. The van der Waals surface area contributed by atoms with Gasteiger partial charge >= 0.3 is 19.3 Å².